The van der Waals surface area contributed by atoms with E-state index in [1.54, 1.807) is 0 Å². The summed E-state index contributed by atoms with van der Waals surface area (Å²) in [5.41, 5.74) is 1.35. The van der Waals surface area contributed by atoms with Crippen LogP contribution in [-0.4, -0.2) is 0 Å². The predicted octanol–water partition coefficient (Wildman–Crippen LogP) is 4.77. The zero-order valence-electron chi connectivity index (χ0n) is 10.2. The Bertz CT molecular complexity index is 404. The van der Waals surface area contributed by atoms with Crippen molar-refractivity contribution in [3.8, 4) is 6.07 Å². The molecule has 0 bridgehead atoms. The Labute approximate surface area is 108 Å². The number of hydrogen-bond donors (Lipinski definition) is 0. The van der Waals surface area contributed by atoms with Gasteiger partial charge in [0.15, 0.2) is 0 Å². The van der Waals surface area contributed by atoms with Crippen LogP contribution in [0.5, 0.6) is 0 Å². The quantitative estimate of drug-likeness (QED) is 0.738. The number of nitriles is 1. The van der Waals surface area contributed by atoms with Gasteiger partial charge in [0.25, 0.3) is 0 Å². The van der Waals surface area contributed by atoms with E-state index in [-0.39, 0.29) is 5.92 Å². The molecule has 1 nitrogen and oxygen atoms in total. The average Bonchev–Trinajstić information content (AvgIpc) is 2.39. The van der Waals surface area contributed by atoms with Gasteiger partial charge >= 0.3 is 0 Å². The summed E-state index contributed by atoms with van der Waals surface area (Å²) in [6.07, 6.45) is 4.93. The first-order chi connectivity index (χ1) is 8.22. The summed E-state index contributed by atoms with van der Waals surface area (Å²) < 4.78 is 0. The molecule has 0 N–H and O–H groups in total. The lowest BCUT2D eigenvalue weighted by atomic mass is 9.70. The minimum Gasteiger partial charge on any atom is -0.198 e. The molecular formula is C15H18ClN. The van der Waals surface area contributed by atoms with Crippen molar-refractivity contribution >= 4 is 11.6 Å². The fourth-order valence-corrected chi connectivity index (χ4v) is 3.10. The lowest BCUT2D eigenvalue weighted by molar-refractivity contribution is 0.260. The summed E-state index contributed by atoms with van der Waals surface area (Å²) in [5, 5.41) is 9.91. The van der Waals surface area contributed by atoms with Crippen LogP contribution in [0, 0.1) is 23.2 Å². The number of rotatable bonds is 2. The van der Waals surface area contributed by atoms with E-state index in [1.807, 2.05) is 12.1 Å². The topological polar surface area (TPSA) is 23.8 Å². The maximum absolute atomic E-state index is 9.12. The van der Waals surface area contributed by atoms with Gasteiger partial charge in [-0.1, -0.05) is 36.6 Å². The maximum Gasteiger partial charge on any atom is 0.0656 e. The molecular weight excluding hydrogens is 230 g/mol. The molecule has 0 radical (unpaired) electrons. The average molecular weight is 248 g/mol. The molecule has 17 heavy (non-hydrogen) atoms. The standard InChI is InChI=1S/C15H18ClN/c1-11(10-17)14-4-2-3-5-15(14)12-6-8-13(16)9-7-12/h6-9,11,14-15H,2-5H2,1H3. The minimum absolute atomic E-state index is 0.149. The SMILES string of the molecule is CC(C#N)C1CCCCC1c1ccc(Cl)cc1. The van der Waals surface area contributed by atoms with Crippen LogP contribution < -0.4 is 0 Å². The first kappa shape index (κ1) is 12.5. The maximum atomic E-state index is 9.12. The number of halogens is 1. The molecule has 1 aromatic rings. The molecule has 0 aliphatic heterocycles. The van der Waals surface area contributed by atoms with Crippen LogP contribution in [0.2, 0.25) is 5.02 Å². The van der Waals surface area contributed by atoms with Crippen LogP contribution in [0.25, 0.3) is 0 Å². The van der Waals surface area contributed by atoms with Crippen LogP contribution in [0.4, 0.5) is 0 Å². The second-order valence-corrected chi connectivity index (χ2v) is 5.46. The van der Waals surface area contributed by atoms with E-state index in [0.717, 1.165) is 5.02 Å². The highest BCUT2D eigenvalue weighted by Crippen LogP contribution is 2.41. The molecule has 0 spiro atoms. The summed E-state index contributed by atoms with van der Waals surface area (Å²) in [4.78, 5) is 0. The summed E-state index contributed by atoms with van der Waals surface area (Å²) >= 11 is 5.92. The summed E-state index contributed by atoms with van der Waals surface area (Å²) in [6.45, 7) is 2.05. The molecule has 0 aromatic heterocycles. The van der Waals surface area contributed by atoms with Crippen LogP contribution in [0.3, 0.4) is 0 Å². The second-order valence-electron chi connectivity index (χ2n) is 5.02. The van der Waals surface area contributed by atoms with Crippen molar-refractivity contribution in [3.05, 3.63) is 34.9 Å². The van der Waals surface area contributed by atoms with Crippen molar-refractivity contribution in [3.63, 3.8) is 0 Å². The highest BCUT2D eigenvalue weighted by molar-refractivity contribution is 6.30. The van der Waals surface area contributed by atoms with Gasteiger partial charge in [0.1, 0.15) is 0 Å². The second kappa shape index (κ2) is 5.56. The molecule has 0 heterocycles. The Balaban J connectivity index is 2.22. The molecule has 3 atom stereocenters. The summed E-state index contributed by atoms with van der Waals surface area (Å²) in [6, 6.07) is 10.6. The van der Waals surface area contributed by atoms with Gasteiger partial charge in [-0.05, 0) is 49.3 Å². The third kappa shape index (κ3) is 2.82. The van der Waals surface area contributed by atoms with Gasteiger partial charge in [-0.2, -0.15) is 5.26 Å². The van der Waals surface area contributed by atoms with Crippen LogP contribution in [-0.2, 0) is 0 Å². The van der Waals surface area contributed by atoms with Crippen LogP contribution in [0.15, 0.2) is 24.3 Å². The Hall–Kier alpha value is -1.00. The smallest absolute Gasteiger partial charge is 0.0656 e. The van der Waals surface area contributed by atoms with Gasteiger partial charge in [-0.15, -0.1) is 0 Å². The molecule has 1 aliphatic rings. The third-order valence-electron chi connectivity index (χ3n) is 3.96. The Morgan fingerprint density at radius 2 is 1.88 bits per heavy atom. The van der Waals surface area contributed by atoms with Crippen molar-refractivity contribution < 1.29 is 0 Å². The van der Waals surface area contributed by atoms with Crippen molar-refractivity contribution in [2.45, 2.75) is 38.5 Å². The highest BCUT2D eigenvalue weighted by atomic mass is 35.5. The van der Waals surface area contributed by atoms with E-state index < -0.39 is 0 Å². The first-order valence-corrected chi connectivity index (χ1v) is 6.75. The first-order valence-electron chi connectivity index (χ1n) is 6.37. The van der Waals surface area contributed by atoms with Gasteiger partial charge in [0, 0.05) is 10.9 Å². The Kier molecular flexibility index (Phi) is 4.07. The fourth-order valence-electron chi connectivity index (χ4n) is 2.98. The lowest BCUT2D eigenvalue weighted by Gasteiger charge is -2.33. The molecule has 1 aromatic carbocycles. The number of benzene rings is 1. The molecule has 3 unspecified atom stereocenters. The van der Waals surface area contributed by atoms with Crippen molar-refractivity contribution in [2.75, 3.05) is 0 Å². The molecule has 1 saturated carbocycles. The zero-order chi connectivity index (χ0) is 12.3. The van der Waals surface area contributed by atoms with Crippen LogP contribution >= 0.6 is 11.6 Å². The van der Waals surface area contributed by atoms with E-state index in [2.05, 4.69) is 25.1 Å². The minimum atomic E-state index is 0.149. The van der Waals surface area contributed by atoms with Crippen molar-refractivity contribution in [2.24, 2.45) is 11.8 Å². The van der Waals surface area contributed by atoms with Crippen LogP contribution in [0.1, 0.15) is 44.1 Å². The number of hydrogen-bond acceptors (Lipinski definition) is 1. The highest BCUT2D eigenvalue weighted by Gasteiger charge is 2.30. The van der Waals surface area contributed by atoms with Crippen molar-refractivity contribution in [1.82, 2.24) is 0 Å². The molecule has 0 amide bonds. The molecule has 90 valence electrons. The lowest BCUT2D eigenvalue weighted by Crippen LogP contribution is -2.23. The molecule has 2 rings (SSSR count). The molecule has 2 heteroatoms. The third-order valence-corrected chi connectivity index (χ3v) is 4.22. The van der Waals surface area contributed by atoms with E-state index >= 15 is 0 Å². The Morgan fingerprint density at radius 3 is 2.53 bits per heavy atom. The fraction of sp³-hybridized carbons (Fsp3) is 0.533. The molecule has 1 fully saturated rings. The van der Waals surface area contributed by atoms with Gasteiger partial charge in [0.2, 0.25) is 0 Å². The van der Waals surface area contributed by atoms with E-state index in [1.165, 1.54) is 31.2 Å². The normalized spacial score (nSPS) is 26.2. The summed E-state index contributed by atoms with van der Waals surface area (Å²) in [5.74, 6) is 1.20. The largest absolute Gasteiger partial charge is 0.198 e. The Morgan fingerprint density at radius 1 is 1.24 bits per heavy atom. The van der Waals surface area contributed by atoms with Gasteiger partial charge in [-0.25, -0.2) is 0 Å². The summed E-state index contributed by atoms with van der Waals surface area (Å²) in [7, 11) is 0. The zero-order valence-corrected chi connectivity index (χ0v) is 11.0. The number of nitrogens with zero attached hydrogens (tertiary/aromatic N) is 1. The van der Waals surface area contributed by atoms with E-state index in [4.69, 9.17) is 16.9 Å². The van der Waals surface area contributed by atoms with Gasteiger partial charge < -0.3 is 0 Å². The van der Waals surface area contributed by atoms with E-state index in [0.29, 0.717) is 11.8 Å². The molecule has 1 aliphatic carbocycles. The van der Waals surface area contributed by atoms with E-state index in [9.17, 15) is 0 Å². The van der Waals surface area contributed by atoms with Crippen molar-refractivity contribution in [1.29, 1.82) is 5.26 Å². The van der Waals surface area contributed by atoms with Gasteiger partial charge in [-0.3, -0.25) is 0 Å². The van der Waals surface area contributed by atoms with Gasteiger partial charge in [0.05, 0.1) is 6.07 Å². The monoisotopic (exact) mass is 247 g/mol. The predicted molar refractivity (Wildman–Crippen MR) is 70.9 cm³/mol. The molecule has 0 saturated heterocycles.